The number of morpholine rings is 1. The number of halogens is 1. The van der Waals surface area contributed by atoms with Crippen molar-refractivity contribution in [1.29, 1.82) is 0 Å². The number of aromatic nitrogens is 2. The zero-order valence-electron chi connectivity index (χ0n) is 24.9. The molecule has 0 aliphatic carbocycles. The second kappa shape index (κ2) is 14.1. The average molecular weight is 609 g/mol. The molecule has 6 rings (SSSR count). The third kappa shape index (κ3) is 7.36. The summed E-state index contributed by atoms with van der Waals surface area (Å²) >= 11 is 0. The molecule has 2 aromatic heterocycles. The highest BCUT2D eigenvalue weighted by molar-refractivity contribution is 6.03. The number of hydrogen-bond acceptors (Lipinski definition) is 8. The van der Waals surface area contributed by atoms with E-state index in [1.165, 1.54) is 12.1 Å². The Hall–Kier alpha value is -5.06. The minimum absolute atomic E-state index is 0.00731. The van der Waals surface area contributed by atoms with Crippen LogP contribution in [0.5, 0.6) is 23.0 Å². The molecule has 3 heterocycles. The Kier molecular flexibility index (Phi) is 9.43. The summed E-state index contributed by atoms with van der Waals surface area (Å²) in [5.74, 6) is 0.395. The van der Waals surface area contributed by atoms with E-state index in [0.29, 0.717) is 34.8 Å². The first kappa shape index (κ1) is 30.0. The summed E-state index contributed by atoms with van der Waals surface area (Å²) in [4.78, 5) is 23.9. The molecule has 1 amide bonds. The molecule has 230 valence electrons. The molecule has 0 bridgehead atoms. The summed E-state index contributed by atoms with van der Waals surface area (Å²) in [6.07, 6.45) is 4.03. The average Bonchev–Trinajstić information content (AvgIpc) is 3.08. The van der Waals surface area contributed by atoms with Crippen LogP contribution in [0.2, 0.25) is 0 Å². The normalized spacial score (nSPS) is 13.4. The summed E-state index contributed by atoms with van der Waals surface area (Å²) in [6.45, 7) is 4.86. The van der Waals surface area contributed by atoms with E-state index in [4.69, 9.17) is 18.9 Å². The van der Waals surface area contributed by atoms with Crippen LogP contribution in [-0.4, -0.2) is 67.3 Å². The Morgan fingerprint density at radius 3 is 2.51 bits per heavy atom. The molecular formula is C35H33FN4O5. The largest absolute Gasteiger partial charge is 0.493 e. The predicted molar refractivity (Wildman–Crippen MR) is 170 cm³/mol. The van der Waals surface area contributed by atoms with Crippen molar-refractivity contribution in [1.82, 2.24) is 14.9 Å². The van der Waals surface area contributed by atoms with Crippen molar-refractivity contribution in [2.24, 2.45) is 0 Å². The number of methoxy groups -OCH3 is 1. The molecule has 1 fully saturated rings. The third-order valence-corrected chi connectivity index (χ3v) is 7.48. The van der Waals surface area contributed by atoms with Crippen molar-refractivity contribution in [2.75, 3.05) is 51.9 Å². The monoisotopic (exact) mass is 608 g/mol. The molecule has 1 aliphatic rings. The van der Waals surface area contributed by atoms with Gasteiger partial charge in [-0.2, -0.15) is 0 Å². The molecule has 9 nitrogen and oxygen atoms in total. The number of benzene rings is 3. The molecule has 5 aromatic rings. The molecule has 45 heavy (non-hydrogen) atoms. The van der Waals surface area contributed by atoms with E-state index >= 15 is 4.39 Å². The standard InChI is InChI=1S/C35H33FN4O5/c1-42-33-22-27-29(23-34(33)44-17-5-14-40-15-18-43-19-16-40)37-13-11-31(27)45-32-9-8-26(21-28(32)36)39-35(41)30-20-25(10-12-38-30)24-6-3-2-4-7-24/h2-4,6-13,20-23H,5,14-19H2,1H3,(H,39,41). The molecule has 1 aliphatic heterocycles. The maximum atomic E-state index is 15.2. The topological polar surface area (TPSA) is 95.0 Å². The van der Waals surface area contributed by atoms with Crippen LogP contribution in [0.25, 0.3) is 22.0 Å². The van der Waals surface area contributed by atoms with Gasteiger partial charge in [0.25, 0.3) is 5.91 Å². The van der Waals surface area contributed by atoms with Gasteiger partial charge in [0.05, 0.1) is 32.4 Å². The Morgan fingerprint density at radius 2 is 1.71 bits per heavy atom. The highest BCUT2D eigenvalue weighted by Gasteiger charge is 2.16. The number of fused-ring (bicyclic) bond motifs is 1. The van der Waals surface area contributed by atoms with E-state index in [1.807, 2.05) is 36.4 Å². The number of nitrogens with zero attached hydrogens (tertiary/aromatic N) is 3. The highest BCUT2D eigenvalue weighted by Crippen LogP contribution is 2.38. The van der Waals surface area contributed by atoms with E-state index < -0.39 is 11.7 Å². The van der Waals surface area contributed by atoms with E-state index in [9.17, 15) is 4.79 Å². The van der Waals surface area contributed by atoms with Crippen molar-refractivity contribution in [3.05, 3.63) is 103 Å². The summed E-state index contributed by atoms with van der Waals surface area (Å²) in [5, 5.41) is 3.35. The first-order valence-corrected chi connectivity index (χ1v) is 14.8. The van der Waals surface area contributed by atoms with Crippen molar-refractivity contribution >= 4 is 22.5 Å². The number of nitrogens with one attached hydrogen (secondary N) is 1. The summed E-state index contributed by atoms with van der Waals surface area (Å²) in [5.41, 5.74) is 2.93. The van der Waals surface area contributed by atoms with Gasteiger partial charge in [0, 0.05) is 55.2 Å². The van der Waals surface area contributed by atoms with Gasteiger partial charge >= 0.3 is 0 Å². The van der Waals surface area contributed by atoms with Crippen LogP contribution in [0.4, 0.5) is 10.1 Å². The van der Waals surface area contributed by atoms with Crippen LogP contribution < -0.4 is 19.5 Å². The summed E-state index contributed by atoms with van der Waals surface area (Å²) < 4.78 is 38.3. The molecule has 0 radical (unpaired) electrons. The van der Waals surface area contributed by atoms with E-state index in [2.05, 4.69) is 20.2 Å². The zero-order chi connectivity index (χ0) is 31.0. The van der Waals surface area contributed by atoms with Gasteiger partial charge in [-0.1, -0.05) is 30.3 Å². The van der Waals surface area contributed by atoms with E-state index in [0.717, 1.165) is 50.4 Å². The van der Waals surface area contributed by atoms with Gasteiger partial charge in [0.1, 0.15) is 11.4 Å². The van der Waals surface area contributed by atoms with Gasteiger partial charge < -0.3 is 24.3 Å². The molecule has 0 atom stereocenters. The second-order valence-corrected chi connectivity index (χ2v) is 10.5. The van der Waals surface area contributed by atoms with Crippen LogP contribution in [0, 0.1) is 5.82 Å². The van der Waals surface area contributed by atoms with Crippen molar-refractivity contribution in [2.45, 2.75) is 6.42 Å². The smallest absolute Gasteiger partial charge is 0.274 e. The molecule has 0 saturated carbocycles. The first-order valence-electron chi connectivity index (χ1n) is 14.8. The highest BCUT2D eigenvalue weighted by atomic mass is 19.1. The molecule has 10 heteroatoms. The number of ether oxygens (including phenoxy) is 4. The van der Waals surface area contributed by atoms with Crippen LogP contribution in [0.15, 0.2) is 91.3 Å². The van der Waals surface area contributed by atoms with Crippen molar-refractivity contribution in [3.63, 3.8) is 0 Å². The lowest BCUT2D eigenvalue weighted by atomic mass is 10.1. The Labute approximate surface area is 260 Å². The zero-order valence-corrected chi connectivity index (χ0v) is 24.9. The first-order chi connectivity index (χ1) is 22.1. The van der Waals surface area contributed by atoms with E-state index in [-0.39, 0.29) is 17.1 Å². The fourth-order valence-corrected chi connectivity index (χ4v) is 5.12. The SMILES string of the molecule is COc1cc2c(Oc3ccc(NC(=O)c4cc(-c5ccccc5)ccn4)cc3F)ccnc2cc1OCCCN1CCOCC1. The van der Waals surface area contributed by atoms with Crippen LogP contribution in [-0.2, 0) is 4.74 Å². The van der Waals surface area contributed by atoms with Crippen LogP contribution in [0.1, 0.15) is 16.9 Å². The lowest BCUT2D eigenvalue weighted by molar-refractivity contribution is 0.0357. The van der Waals surface area contributed by atoms with Gasteiger partial charge in [-0.3, -0.25) is 19.7 Å². The second-order valence-electron chi connectivity index (χ2n) is 10.5. The van der Waals surface area contributed by atoms with Gasteiger partial charge in [-0.15, -0.1) is 0 Å². The minimum Gasteiger partial charge on any atom is -0.493 e. The number of pyridine rings is 2. The predicted octanol–water partition coefficient (Wildman–Crippen LogP) is 6.59. The van der Waals surface area contributed by atoms with Gasteiger partial charge in [0.15, 0.2) is 23.1 Å². The summed E-state index contributed by atoms with van der Waals surface area (Å²) in [6, 6.07) is 22.7. The van der Waals surface area contributed by atoms with Crippen LogP contribution >= 0.6 is 0 Å². The lowest BCUT2D eigenvalue weighted by Crippen LogP contribution is -2.37. The van der Waals surface area contributed by atoms with Gasteiger partial charge in [-0.05, 0) is 53.9 Å². The van der Waals surface area contributed by atoms with Crippen molar-refractivity contribution < 1.29 is 28.1 Å². The Bertz CT molecular complexity index is 1780. The number of hydrogen-bond donors (Lipinski definition) is 1. The quantitative estimate of drug-likeness (QED) is 0.168. The fourth-order valence-electron chi connectivity index (χ4n) is 5.12. The minimum atomic E-state index is -0.643. The Morgan fingerprint density at radius 1 is 0.889 bits per heavy atom. The fraction of sp³-hybridized carbons (Fsp3) is 0.229. The lowest BCUT2D eigenvalue weighted by Gasteiger charge is -2.26. The number of carbonyl (C=O) groups excluding carboxylic acids is 1. The van der Waals surface area contributed by atoms with Gasteiger partial charge in [-0.25, -0.2) is 4.39 Å². The number of anilines is 1. The molecular weight excluding hydrogens is 575 g/mol. The summed E-state index contributed by atoms with van der Waals surface area (Å²) in [7, 11) is 1.57. The van der Waals surface area contributed by atoms with Crippen molar-refractivity contribution in [3.8, 4) is 34.1 Å². The number of amides is 1. The maximum Gasteiger partial charge on any atom is 0.274 e. The van der Waals surface area contributed by atoms with Gasteiger partial charge in [0.2, 0.25) is 0 Å². The third-order valence-electron chi connectivity index (χ3n) is 7.48. The molecule has 0 spiro atoms. The van der Waals surface area contributed by atoms with E-state index in [1.54, 1.807) is 49.8 Å². The molecule has 3 aromatic carbocycles. The maximum absolute atomic E-state index is 15.2. The number of carbonyl (C=O) groups is 1. The van der Waals surface area contributed by atoms with Crippen LogP contribution in [0.3, 0.4) is 0 Å². The molecule has 0 unspecified atom stereocenters. The number of rotatable bonds is 11. The molecule has 1 N–H and O–H groups in total. The molecule has 1 saturated heterocycles. The Balaban J connectivity index is 1.13.